The number of carbonyl (C=O) groups excluding carboxylic acids is 1. The highest BCUT2D eigenvalue weighted by atomic mass is 32.1. The number of hydrogen-bond donors (Lipinski definition) is 2. The van der Waals surface area contributed by atoms with Crippen LogP contribution in [0.25, 0.3) is 0 Å². The van der Waals surface area contributed by atoms with Crippen LogP contribution in [0.3, 0.4) is 0 Å². The van der Waals surface area contributed by atoms with Crippen LogP contribution in [0, 0.1) is 5.82 Å². The van der Waals surface area contributed by atoms with Crippen LogP contribution in [0.5, 0.6) is 0 Å². The predicted molar refractivity (Wildman–Crippen MR) is 68.9 cm³/mol. The van der Waals surface area contributed by atoms with Gasteiger partial charge in [0.1, 0.15) is 10.8 Å². The molecule has 1 aromatic heterocycles. The Morgan fingerprint density at radius 1 is 1.39 bits per heavy atom. The Hall–Kier alpha value is -2.21. The maximum Gasteiger partial charge on any atom is 0.291 e. The number of thiocarbonyl (C=S) groups is 1. The van der Waals surface area contributed by atoms with Crippen LogP contribution in [0.15, 0.2) is 41.0 Å². The first kappa shape index (κ1) is 12.3. The van der Waals surface area contributed by atoms with Gasteiger partial charge in [-0.2, -0.15) is 0 Å². The van der Waals surface area contributed by atoms with E-state index in [4.69, 9.17) is 22.4 Å². The van der Waals surface area contributed by atoms with Gasteiger partial charge in [-0.3, -0.25) is 4.79 Å². The van der Waals surface area contributed by atoms with Crippen molar-refractivity contribution in [1.82, 2.24) is 0 Å². The number of benzene rings is 1. The van der Waals surface area contributed by atoms with Gasteiger partial charge in [-0.25, -0.2) is 4.39 Å². The molecule has 0 radical (unpaired) electrons. The molecule has 2 aromatic rings. The van der Waals surface area contributed by atoms with Gasteiger partial charge >= 0.3 is 0 Å². The molecule has 4 nitrogen and oxygen atoms in total. The molecular weight excluding hydrogens is 255 g/mol. The van der Waals surface area contributed by atoms with Gasteiger partial charge in [-0.15, -0.1) is 0 Å². The second-order valence-electron chi connectivity index (χ2n) is 3.49. The smallest absolute Gasteiger partial charge is 0.291 e. The van der Waals surface area contributed by atoms with Gasteiger partial charge in [0.15, 0.2) is 5.76 Å². The number of nitrogens with two attached hydrogens (primary N) is 1. The number of amides is 1. The topological polar surface area (TPSA) is 68.3 Å². The van der Waals surface area contributed by atoms with Crippen molar-refractivity contribution in [2.24, 2.45) is 5.73 Å². The van der Waals surface area contributed by atoms with Crippen molar-refractivity contribution >= 4 is 28.8 Å². The number of halogens is 1. The lowest BCUT2D eigenvalue weighted by Crippen LogP contribution is -2.14. The Balaban J connectivity index is 2.22. The molecule has 2 rings (SSSR count). The van der Waals surface area contributed by atoms with Gasteiger partial charge in [-0.1, -0.05) is 12.2 Å². The highest BCUT2D eigenvalue weighted by Gasteiger charge is 2.11. The Morgan fingerprint density at radius 2 is 2.17 bits per heavy atom. The minimum Gasteiger partial charge on any atom is -0.459 e. The number of carbonyl (C=O) groups is 1. The Labute approximate surface area is 108 Å². The lowest BCUT2D eigenvalue weighted by atomic mass is 10.2. The minimum absolute atomic E-state index is 0.0680. The fourth-order valence-corrected chi connectivity index (χ4v) is 1.55. The van der Waals surface area contributed by atoms with Gasteiger partial charge in [0.25, 0.3) is 5.91 Å². The Bertz CT molecular complexity index is 596. The standard InChI is InChI=1S/C12H9FN2O2S/c13-9-4-3-7(6-8(9)11(14)18)15-12(16)10-2-1-5-17-10/h1-6H,(H2,14,18)(H,15,16). The second-order valence-corrected chi connectivity index (χ2v) is 3.93. The molecule has 0 saturated heterocycles. The van der Waals surface area contributed by atoms with E-state index in [0.29, 0.717) is 5.69 Å². The molecule has 0 fully saturated rings. The number of furan rings is 1. The van der Waals surface area contributed by atoms with Crippen molar-refractivity contribution in [3.63, 3.8) is 0 Å². The summed E-state index contributed by atoms with van der Waals surface area (Å²) in [5.41, 5.74) is 5.84. The van der Waals surface area contributed by atoms with E-state index in [1.807, 2.05) is 0 Å². The van der Waals surface area contributed by atoms with Crippen LogP contribution >= 0.6 is 12.2 Å². The third-order valence-electron chi connectivity index (χ3n) is 2.23. The molecule has 0 atom stereocenters. The molecule has 0 unspecified atom stereocenters. The molecule has 0 bridgehead atoms. The van der Waals surface area contributed by atoms with Gasteiger partial charge in [0, 0.05) is 11.3 Å². The van der Waals surface area contributed by atoms with Gasteiger partial charge in [-0.05, 0) is 30.3 Å². The molecule has 1 aromatic carbocycles. The summed E-state index contributed by atoms with van der Waals surface area (Å²) in [5, 5.41) is 2.55. The molecule has 0 saturated carbocycles. The zero-order valence-corrected chi connectivity index (χ0v) is 9.96. The van der Waals surface area contributed by atoms with Gasteiger partial charge in [0.2, 0.25) is 0 Å². The van der Waals surface area contributed by atoms with E-state index in [0.717, 1.165) is 0 Å². The summed E-state index contributed by atoms with van der Waals surface area (Å²) in [4.78, 5) is 11.6. The summed E-state index contributed by atoms with van der Waals surface area (Å²) < 4.78 is 18.3. The number of nitrogens with one attached hydrogen (secondary N) is 1. The quantitative estimate of drug-likeness (QED) is 0.835. The largest absolute Gasteiger partial charge is 0.459 e. The summed E-state index contributed by atoms with van der Waals surface area (Å²) in [6, 6.07) is 7.09. The number of hydrogen-bond acceptors (Lipinski definition) is 3. The van der Waals surface area contributed by atoms with Crippen LogP contribution in [0.1, 0.15) is 16.1 Å². The van der Waals surface area contributed by atoms with Crippen molar-refractivity contribution in [3.05, 3.63) is 53.7 Å². The van der Waals surface area contributed by atoms with Crippen molar-refractivity contribution in [2.45, 2.75) is 0 Å². The average molecular weight is 264 g/mol. The first-order valence-electron chi connectivity index (χ1n) is 5.02. The van der Waals surface area contributed by atoms with Crippen LogP contribution in [-0.4, -0.2) is 10.9 Å². The van der Waals surface area contributed by atoms with E-state index < -0.39 is 11.7 Å². The summed E-state index contributed by atoms with van der Waals surface area (Å²) in [6.45, 7) is 0. The second kappa shape index (κ2) is 4.97. The van der Waals surface area contributed by atoms with Crippen LogP contribution in [0.4, 0.5) is 10.1 Å². The van der Waals surface area contributed by atoms with E-state index in [1.165, 1.54) is 30.5 Å². The van der Waals surface area contributed by atoms with Crippen molar-refractivity contribution in [2.75, 3.05) is 5.32 Å². The molecule has 0 aliphatic carbocycles. The van der Waals surface area contributed by atoms with E-state index in [2.05, 4.69) is 5.32 Å². The third-order valence-corrected chi connectivity index (χ3v) is 2.45. The lowest BCUT2D eigenvalue weighted by Gasteiger charge is -2.06. The summed E-state index contributed by atoms with van der Waals surface area (Å²) in [7, 11) is 0. The zero-order chi connectivity index (χ0) is 13.1. The first-order valence-corrected chi connectivity index (χ1v) is 5.43. The molecule has 3 N–H and O–H groups in total. The van der Waals surface area contributed by atoms with E-state index in [9.17, 15) is 9.18 Å². The van der Waals surface area contributed by atoms with Crippen molar-refractivity contribution in [1.29, 1.82) is 0 Å². The van der Waals surface area contributed by atoms with E-state index >= 15 is 0 Å². The average Bonchev–Trinajstić information content (AvgIpc) is 2.85. The molecule has 18 heavy (non-hydrogen) atoms. The predicted octanol–water partition coefficient (Wildman–Crippen LogP) is 2.31. The minimum atomic E-state index is -0.529. The zero-order valence-electron chi connectivity index (χ0n) is 9.14. The molecule has 92 valence electrons. The molecular formula is C12H9FN2O2S. The molecule has 0 aliphatic heterocycles. The summed E-state index contributed by atoms with van der Waals surface area (Å²) >= 11 is 4.71. The van der Waals surface area contributed by atoms with Gasteiger partial charge in [0.05, 0.1) is 6.26 Å². The fraction of sp³-hybridized carbons (Fsp3) is 0. The molecule has 1 heterocycles. The summed E-state index contributed by atoms with van der Waals surface area (Å²) in [6.07, 6.45) is 1.39. The monoisotopic (exact) mass is 264 g/mol. The maximum atomic E-state index is 13.3. The van der Waals surface area contributed by atoms with Crippen LogP contribution in [0.2, 0.25) is 0 Å². The molecule has 0 spiro atoms. The lowest BCUT2D eigenvalue weighted by molar-refractivity contribution is 0.0996. The van der Waals surface area contributed by atoms with E-state index in [1.54, 1.807) is 6.07 Å². The Kier molecular flexibility index (Phi) is 3.38. The SMILES string of the molecule is NC(=S)c1cc(NC(=O)c2ccco2)ccc1F. The fourth-order valence-electron chi connectivity index (χ4n) is 1.39. The van der Waals surface area contributed by atoms with Crippen molar-refractivity contribution in [3.8, 4) is 0 Å². The third kappa shape index (κ3) is 2.54. The van der Waals surface area contributed by atoms with Crippen LogP contribution in [-0.2, 0) is 0 Å². The molecule has 0 aliphatic rings. The maximum absolute atomic E-state index is 13.3. The Morgan fingerprint density at radius 3 is 2.78 bits per heavy atom. The number of anilines is 1. The summed E-state index contributed by atoms with van der Waals surface area (Å²) in [5.74, 6) is -0.796. The molecule has 6 heteroatoms. The highest BCUT2D eigenvalue weighted by Crippen LogP contribution is 2.16. The highest BCUT2D eigenvalue weighted by molar-refractivity contribution is 7.80. The van der Waals surface area contributed by atoms with Crippen molar-refractivity contribution < 1.29 is 13.6 Å². The van der Waals surface area contributed by atoms with Gasteiger partial charge < -0.3 is 15.5 Å². The normalized spacial score (nSPS) is 10.1. The molecule has 1 amide bonds. The number of rotatable bonds is 3. The first-order chi connectivity index (χ1) is 8.58. The van der Waals surface area contributed by atoms with E-state index in [-0.39, 0.29) is 16.3 Å². The van der Waals surface area contributed by atoms with Crippen LogP contribution < -0.4 is 11.1 Å².